The van der Waals surface area contributed by atoms with Crippen molar-refractivity contribution in [3.8, 4) is 0 Å². The number of hydrogen-bond donors (Lipinski definition) is 2. The van der Waals surface area contributed by atoms with E-state index in [1.54, 1.807) is 12.3 Å². The number of nitrogens with one attached hydrogen (secondary N) is 1. The Bertz CT molecular complexity index is 575. The molecule has 0 bridgehead atoms. The number of nitrogen functional groups attached to an aromatic ring is 1. The number of aromatic nitrogens is 1. The Kier molecular flexibility index (Phi) is 3.80. The van der Waals surface area contributed by atoms with Gasteiger partial charge in [0.15, 0.2) is 0 Å². The number of nitrogens with two attached hydrogens (primary N) is 1. The maximum Gasteiger partial charge on any atom is 0.133 e. The van der Waals surface area contributed by atoms with Gasteiger partial charge in [-0.1, -0.05) is 19.1 Å². The Balaban J connectivity index is 2.29. The van der Waals surface area contributed by atoms with Gasteiger partial charge in [0.05, 0.1) is 0 Å². The van der Waals surface area contributed by atoms with Crippen molar-refractivity contribution >= 4 is 17.3 Å². The summed E-state index contributed by atoms with van der Waals surface area (Å²) in [5, 5.41) is 7.46. The van der Waals surface area contributed by atoms with E-state index in [-0.39, 0.29) is 5.84 Å². The van der Waals surface area contributed by atoms with Crippen LogP contribution < -0.4 is 10.6 Å². The minimum atomic E-state index is 0.0541. The van der Waals surface area contributed by atoms with E-state index < -0.39 is 0 Å². The molecule has 0 saturated carbocycles. The maximum atomic E-state index is 7.46. The van der Waals surface area contributed by atoms with E-state index in [1.165, 1.54) is 5.56 Å². The van der Waals surface area contributed by atoms with Gasteiger partial charge >= 0.3 is 0 Å². The van der Waals surface area contributed by atoms with Gasteiger partial charge in [-0.05, 0) is 36.2 Å². The molecule has 0 spiro atoms. The second-order valence-electron chi connectivity index (χ2n) is 4.40. The van der Waals surface area contributed by atoms with Gasteiger partial charge in [-0.3, -0.25) is 5.41 Å². The second-order valence-corrected chi connectivity index (χ2v) is 4.40. The van der Waals surface area contributed by atoms with Crippen molar-refractivity contribution in [2.24, 2.45) is 5.73 Å². The van der Waals surface area contributed by atoms with Gasteiger partial charge in [0.2, 0.25) is 0 Å². The van der Waals surface area contributed by atoms with Crippen molar-refractivity contribution in [3.05, 3.63) is 53.7 Å². The van der Waals surface area contributed by atoms with Crippen LogP contribution in [0.1, 0.15) is 18.1 Å². The predicted molar refractivity (Wildman–Crippen MR) is 79.1 cm³/mol. The zero-order valence-corrected chi connectivity index (χ0v) is 11.2. The molecule has 1 aromatic carbocycles. The number of rotatable bonds is 4. The lowest BCUT2D eigenvalue weighted by Crippen LogP contribution is -2.15. The third-order valence-corrected chi connectivity index (χ3v) is 3.13. The maximum absolute atomic E-state index is 7.46. The highest BCUT2D eigenvalue weighted by atomic mass is 15.2. The van der Waals surface area contributed by atoms with E-state index >= 15 is 0 Å². The van der Waals surface area contributed by atoms with Crippen LogP contribution in [-0.2, 0) is 6.42 Å². The van der Waals surface area contributed by atoms with Gasteiger partial charge in [-0.15, -0.1) is 0 Å². The van der Waals surface area contributed by atoms with E-state index in [1.807, 2.05) is 18.0 Å². The average molecular weight is 254 g/mol. The van der Waals surface area contributed by atoms with Crippen molar-refractivity contribution in [2.45, 2.75) is 13.3 Å². The first-order valence-corrected chi connectivity index (χ1v) is 6.25. The summed E-state index contributed by atoms with van der Waals surface area (Å²) in [4.78, 5) is 6.29. The summed E-state index contributed by atoms with van der Waals surface area (Å²) in [6.07, 6.45) is 2.70. The number of benzene rings is 1. The normalized spacial score (nSPS) is 10.2. The van der Waals surface area contributed by atoms with Crippen molar-refractivity contribution in [1.82, 2.24) is 4.98 Å². The zero-order chi connectivity index (χ0) is 13.8. The van der Waals surface area contributed by atoms with Gasteiger partial charge < -0.3 is 10.6 Å². The van der Waals surface area contributed by atoms with E-state index in [0.717, 1.165) is 17.9 Å². The molecule has 2 aromatic rings. The van der Waals surface area contributed by atoms with Crippen molar-refractivity contribution in [3.63, 3.8) is 0 Å². The Morgan fingerprint density at radius 3 is 2.53 bits per heavy atom. The molecule has 4 nitrogen and oxygen atoms in total. The summed E-state index contributed by atoms with van der Waals surface area (Å²) in [7, 11) is 1.95. The minimum absolute atomic E-state index is 0.0541. The Hall–Kier alpha value is -2.36. The topological polar surface area (TPSA) is 66.0 Å². The van der Waals surface area contributed by atoms with Gasteiger partial charge in [-0.2, -0.15) is 0 Å². The van der Waals surface area contributed by atoms with E-state index in [2.05, 4.69) is 36.2 Å². The quantitative estimate of drug-likeness (QED) is 0.651. The molecule has 0 fully saturated rings. The molecule has 98 valence electrons. The third kappa shape index (κ3) is 2.91. The standard InChI is InChI=1S/C15H18N4/c1-3-11-4-6-13(7-5-11)19(2)14-10-12(15(16)17)8-9-18-14/h4-10H,3H2,1-2H3,(H3,16,17). The first-order chi connectivity index (χ1) is 9.11. The molecule has 3 N–H and O–H groups in total. The van der Waals surface area contributed by atoms with Gasteiger partial charge in [0.25, 0.3) is 0 Å². The molecular formula is C15H18N4. The number of hydrogen-bond acceptors (Lipinski definition) is 3. The molecule has 0 atom stereocenters. The first-order valence-electron chi connectivity index (χ1n) is 6.25. The molecule has 0 aliphatic heterocycles. The molecule has 0 unspecified atom stereocenters. The first kappa shape index (κ1) is 13.1. The van der Waals surface area contributed by atoms with E-state index in [0.29, 0.717) is 5.56 Å². The molecule has 1 aromatic heterocycles. The lowest BCUT2D eigenvalue weighted by atomic mass is 10.1. The summed E-state index contributed by atoms with van der Waals surface area (Å²) in [5.41, 5.74) is 8.55. The van der Waals surface area contributed by atoms with Crippen LogP contribution in [0.3, 0.4) is 0 Å². The lowest BCUT2D eigenvalue weighted by molar-refractivity contribution is 1.11. The third-order valence-electron chi connectivity index (χ3n) is 3.13. The van der Waals surface area contributed by atoms with Crippen LogP contribution in [0, 0.1) is 5.41 Å². The Morgan fingerprint density at radius 1 is 1.26 bits per heavy atom. The predicted octanol–water partition coefficient (Wildman–Crippen LogP) is 2.70. The molecule has 0 aliphatic rings. The SMILES string of the molecule is CCc1ccc(N(C)c2cc(C(=N)N)ccn2)cc1. The Labute approximate surface area is 113 Å². The number of nitrogens with zero attached hydrogens (tertiary/aromatic N) is 2. The fraction of sp³-hybridized carbons (Fsp3) is 0.200. The highest BCUT2D eigenvalue weighted by Crippen LogP contribution is 2.22. The van der Waals surface area contributed by atoms with Crippen molar-refractivity contribution in [1.29, 1.82) is 5.41 Å². The smallest absolute Gasteiger partial charge is 0.133 e. The van der Waals surface area contributed by atoms with Crippen LogP contribution in [0.25, 0.3) is 0 Å². The summed E-state index contributed by atoms with van der Waals surface area (Å²) in [6, 6.07) is 11.9. The van der Waals surface area contributed by atoms with Crippen LogP contribution in [-0.4, -0.2) is 17.9 Å². The zero-order valence-electron chi connectivity index (χ0n) is 11.2. The van der Waals surface area contributed by atoms with Gasteiger partial charge in [0.1, 0.15) is 11.7 Å². The van der Waals surface area contributed by atoms with E-state index in [9.17, 15) is 0 Å². The molecular weight excluding hydrogens is 236 g/mol. The second kappa shape index (κ2) is 5.52. The molecule has 0 radical (unpaired) electrons. The molecule has 0 aliphatic carbocycles. The molecule has 4 heteroatoms. The minimum Gasteiger partial charge on any atom is -0.384 e. The van der Waals surface area contributed by atoms with Crippen LogP contribution in [0.5, 0.6) is 0 Å². The summed E-state index contributed by atoms with van der Waals surface area (Å²) < 4.78 is 0. The highest BCUT2D eigenvalue weighted by molar-refractivity contribution is 5.95. The molecule has 1 heterocycles. The lowest BCUT2D eigenvalue weighted by Gasteiger charge is -2.19. The monoisotopic (exact) mass is 254 g/mol. The number of amidine groups is 1. The Morgan fingerprint density at radius 2 is 1.95 bits per heavy atom. The fourth-order valence-corrected chi connectivity index (χ4v) is 1.86. The van der Waals surface area contributed by atoms with Gasteiger partial charge in [0, 0.05) is 24.5 Å². The summed E-state index contributed by atoms with van der Waals surface area (Å²) in [5.74, 6) is 0.829. The van der Waals surface area contributed by atoms with E-state index in [4.69, 9.17) is 11.1 Å². The number of aryl methyl sites for hydroxylation is 1. The highest BCUT2D eigenvalue weighted by Gasteiger charge is 2.07. The molecule has 19 heavy (non-hydrogen) atoms. The van der Waals surface area contributed by atoms with Crippen LogP contribution in [0.2, 0.25) is 0 Å². The fourth-order valence-electron chi connectivity index (χ4n) is 1.86. The summed E-state index contributed by atoms with van der Waals surface area (Å²) >= 11 is 0. The van der Waals surface area contributed by atoms with Crippen molar-refractivity contribution in [2.75, 3.05) is 11.9 Å². The van der Waals surface area contributed by atoms with Crippen LogP contribution in [0.4, 0.5) is 11.5 Å². The number of anilines is 2. The van der Waals surface area contributed by atoms with Crippen molar-refractivity contribution < 1.29 is 0 Å². The molecule has 0 saturated heterocycles. The van der Waals surface area contributed by atoms with Crippen LogP contribution in [0.15, 0.2) is 42.6 Å². The number of pyridine rings is 1. The van der Waals surface area contributed by atoms with Crippen LogP contribution >= 0.6 is 0 Å². The summed E-state index contributed by atoms with van der Waals surface area (Å²) in [6.45, 7) is 2.14. The molecule has 2 rings (SSSR count). The molecule has 0 amide bonds. The largest absolute Gasteiger partial charge is 0.384 e. The average Bonchev–Trinajstić information content (AvgIpc) is 2.46. The van der Waals surface area contributed by atoms with Gasteiger partial charge in [-0.25, -0.2) is 4.98 Å².